The van der Waals surface area contributed by atoms with Crippen LogP contribution in [-0.4, -0.2) is 15.0 Å². The van der Waals surface area contributed by atoms with Crippen molar-refractivity contribution in [3.05, 3.63) is 222 Å². The van der Waals surface area contributed by atoms with Gasteiger partial charge in [0.25, 0.3) is 0 Å². The molecular weight excluding hydrogens is 683 g/mol. The molecule has 0 spiro atoms. The topological polar surface area (TPSA) is 51.8 Å². The highest BCUT2D eigenvalue weighted by atomic mass is 16.3. The quantitative estimate of drug-likeness (QED) is 0.172. The van der Waals surface area contributed by atoms with Crippen LogP contribution >= 0.6 is 0 Å². The van der Waals surface area contributed by atoms with E-state index in [0.29, 0.717) is 17.5 Å². The molecule has 0 fully saturated rings. The lowest BCUT2D eigenvalue weighted by atomic mass is 9.67. The van der Waals surface area contributed by atoms with Gasteiger partial charge in [0.1, 0.15) is 11.2 Å². The van der Waals surface area contributed by atoms with E-state index >= 15 is 0 Å². The highest BCUT2D eigenvalue weighted by Gasteiger charge is 2.47. The van der Waals surface area contributed by atoms with Gasteiger partial charge in [-0.2, -0.15) is 0 Å². The summed E-state index contributed by atoms with van der Waals surface area (Å²) in [6.45, 7) is 0. The van der Waals surface area contributed by atoms with Crippen molar-refractivity contribution >= 4 is 21.9 Å². The van der Waals surface area contributed by atoms with Crippen molar-refractivity contribution in [2.45, 2.75) is 5.41 Å². The molecule has 1 aliphatic carbocycles. The summed E-state index contributed by atoms with van der Waals surface area (Å²) in [6.07, 6.45) is 0. The number of hydrogen-bond donors (Lipinski definition) is 0. The molecule has 56 heavy (non-hydrogen) atoms. The van der Waals surface area contributed by atoms with Gasteiger partial charge >= 0.3 is 0 Å². The lowest BCUT2D eigenvalue weighted by Crippen LogP contribution is -2.28. The molecule has 0 saturated heterocycles. The standard InChI is InChI=1S/C52H33N3O/c1-5-17-35(18-6-1)49-53-50(36-19-7-2-8-20-36)55-51(54-49)37-31-29-34(30-32-37)42-33-44-46(47-41-26-14-16-28-45(41)56-48(42)47)40-25-13-15-27-43(40)52(44,38-21-9-3-10-22-38)39-23-11-4-12-24-39/h1-33H. The van der Waals surface area contributed by atoms with E-state index in [-0.39, 0.29) is 0 Å². The smallest absolute Gasteiger partial charge is 0.164 e. The summed E-state index contributed by atoms with van der Waals surface area (Å²) in [7, 11) is 0. The van der Waals surface area contributed by atoms with Crippen LogP contribution in [0.3, 0.4) is 0 Å². The zero-order chi connectivity index (χ0) is 37.1. The lowest BCUT2D eigenvalue weighted by Gasteiger charge is -2.34. The average Bonchev–Trinajstić information content (AvgIpc) is 3.81. The van der Waals surface area contributed by atoms with E-state index in [1.165, 1.54) is 33.4 Å². The van der Waals surface area contributed by atoms with Crippen molar-refractivity contribution in [3.63, 3.8) is 0 Å². The van der Waals surface area contributed by atoms with E-state index in [1.807, 2.05) is 66.7 Å². The van der Waals surface area contributed by atoms with E-state index in [2.05, 4.69) is 133 Å². The molecule has 0 N–H and O–H groups in total. The third kappa shape index (κ3) is 4.89. The fourth-order valence-electron chi connectivity index (χ4n) is 8.76. The van der Waals surface area contributed by atoms with Crippen LogP contribution in [0, 0.1) is 0 Å². The van der Waals surface area contributed by atoms with Crippen molar-refractivity contribution in [2.75, 3.05) is 0 Å². The molecule has 0 radical (unpaired) electrons. The molecule has 4 heteroatoms. The molecule has 4 nitrogen and oxygen atoms in total. The number of aromatic nitrogens is 3. The Morgan fingerprint density at radius 3 is 1.43 bits per heavy atom. The molecule has 0 saturated carbocycles. The van der Waals surface area contributed by atoms with Gasteiger partial charge in [-0.15, -0.1) is 0 Å². The number of benzene rings is 8. The third-order valence-electron chi connectivity index (χ3n) is 11.2. The van der Waals surface area contributed by atoms with Gasteiger partial charge in [0.15, 0.2) is 17.5 Å². The first kappa shape index (κ1) is 32.0. The summed E-state index contributed by atoms with van der Waals surface area (Å²) >= 11 is 0. The van der Waals surface area contributed by atoms with Crippen LogP contribution in [0.4, 0.5) is 0 Å². The summed E-state index contributed by atoms with van der Waals surface area (Å²) in [4.78, 5) is 14.9. The van der Waals surface area contributed by atoms with Crippen molar-refractivity contribution in [1.82, 2.24) is 15.0 Å². The summed E-state index contributed by atoms with van der Waals surface area (Å²) in [6, 6.07) is 70.4. The maximum absolute atomic E-state index is 6.87. The van der Waals surface area contributed by atoms with Gasteiger partial charge in [-0.3, -0.25) is 0 Å². The van der Waals surface area contributed by atoms with Crippen molar-refractivity contribution in [1.29, 1.82) is 0 Å². The predicted molar refractivity (Wildman–Crippen MR) is 226 cm³/mol. The minimum absolute atomic E-state index is 0.553. The van der Waals surface area contributed by atoms with Crippen LogP contribution in [-0.2, 0) is 5.41 Å². The van der Waals surface area contributed by atoms with Crippen LogP contribution in [0.5, 0.6) is 0 Å². The van der Waals surface area contributed by atoms with Gasteiger partial charge in [0.05, 0.1) is 5.41 Å². The maximum atomic E-state index is 6.87. The lowest BCUT2D eigenvalue weighted by molar-refractivity contribution is 0.669. The fourth-order valence-corrected chi connectivity index (χ4v) is 8.76. The molecule has 0 bridgehead atoms. The largest absolute Gasteiger partial charge is 0.455 e. The number of hydrogen-bond acceptors (Lipinski definition) is 4. The Bertz CT molecular complexity index is 2950. The Hall–Kier alpha value is -7.43. The van der Waals surface area contributed by atoms with E-state index in [9.17, 15) is 0 Å². The normalized spacial score (nSPS) is 12.8. The SMILES string of the molecule is c1ccc(-c2nc(-c3ccccc3)nc(-c3ccc(-c4cc5c(c6c4oc4ccccc46)-c4ccccc4C5(c4ccccc4)c4ccccc4)cc3)n2)cc1. The summed E-state index contributed by atoms with van der Waals surface area (Å²) in [5.74, 6) is 1.90. The minimum Gasteiger partial charge on any atom is -0.455 e. The molecule has 262 valence electrons. The van der Waals surface area contributed by atoms with E-state index in [1.54, 1.807) is 0 Å². The Morgan fingerprint density at radius 1 is 0.375 bits per heavy atom. The minimum atomic E-state index is -0.553. The van der Waals surface area contributed by atoms with Crippen LogP contribution in [0.1, 0.15) is 22.3 Å². The Balaban J connectivity index is 1.16. The molecule has 1 aliphatic rings. The van der Waals surface area contributed by atoms with E-state index in [4.69, 9.17) is 19.4 Å². The highest BCUT2D eigenvalue weighted by Crippen LogP contribution is 2.60. The number of nitrogens with zero attached hydrogens (tertiary/aromatic N) is 3. The Labute approximate surface area is 324 Å². The molecule has 2 aromatic heterocycles. The zero-order valence-electron chi connectivity index (χ0n) is 30.3. The van der Waals surface area contributed by atoms with E-state index < -0.39 is 5.41 Å². The predicted octanol–water partition coefficient (Wildman–Crippen LogP) is 12.8. The second-order valence-electron chi connectivity index (χ2n) is 14.3. The first-order chi connectivity index (χ1) is 27.8. The molecule has 11 rings (SSSR count). The molecule has 8 aromatic carbocycles. The van der Waals surface area contributed by atoms with Crippen molar-refractivity contribution in [3.8, 4) is 56.4 Å². The molecule has 10 aromatic rings. The van der Waals surface area contributed by atoms with Gasteiger partial charge in [-0.25, -0.2) is 15.0 Å². The first-order valence-corrected chi connectivity index (χ1v) is 18.9. The Morgan fingerprint density at radius 2 is 0.839 bits per heavy atom. The average molecular weight is 716 g/mol. The molecule has 0 aliphatic heterocycles. The second kappa shape index (κ2) is 12.9. The molecular formula is C52H33N3O. The molecule has 0 atom stereocenters. The van der Waals surface area contributed by atoms with Crippen LogP contribution < -0.4 is 0 Å². The summed E-state index contributed by atoms with van der Waals surface area (Å²) < 4.78 is 6.87. The fraction of sp³-hybridized carbons (Fsp3) is 0.0192. The van der Waals surface area contributed by atoms with Crippen LogP contribution in [0.15, 0.2) is 205 Å². The molecule has 0 amide bonds. The molecule has 2 heterocycles. The summed E-state index contributed by atoms with van der Waals surface area (Å²) in [5, 5.41) is 2.24. The summed E-state index contributed by atoms with van der Waals surface area (Å²) in [5.41, 5.74) is 13.5. The second-order valence-corrected chi connectivity index (χ2v) is 14.3. The van der Waals surface area contributed by atoms with Crippen molar-refractivity contribution < 1.29 is 4.42 Å². The molecule has 0 unspecified atom stereocenters. The number of furan rings is 1. The maximum Gasteiger partial charge on any atom is 0.164 e. The van der Waals surface area contributed by atoms with Gasteiger partial charge in [-0.05, 0) is 51.1 Å². The number of para-hydroxylation sites is 1. The van der Waals surface area contributed by atoms with Gasteiger partial charge in [-0.1, -0.05) is 188 Å². The first-order valence-electron chi connectivity index (χ1n) is 18.9. The van der Waals surface area contributed by atoms with Crippen LogP contribution in [0.25, 0.3) is 78.4 Å². The van der Waals surface area contributed by atoms with Crippen LogP contribution in [0.2, 0.25) is 0 Å². The monoisotopic (exact) mass is 715 g/mol. The zero-order valence-corrected chi connectivity index (χ0v) is 30.3. The van der Waals surface area contributed by atoms with Crippen molar-refractivity contribution in [2.24, 2.45) is 0 Å². The third-order valence-corrected chi connectivity index (χ3v) is 11.2. The van der Waals surface area contributed by atoms with Gasteiger partial charge in [0, 0.05) is 33.0 Å². The Kier molecular flexibility index (Phi) is 7.36. The highest BCUT2D eigenvalue weighted by molar-refractivity contribution is 6.19. The van der Waals surface area contributed by atoms with E-state index in [0.717, 1.165) is 49.8 Å². The van der Waals surface area contributed by atoms with Gasteiger partial charge < -0.3 is 4.42 Å². The van der Waals surface area contributed by atoms with Gasteiger partial charge in [0.2, 0.25) is 0 Å². The number of rotatable bonds is 6. The number of fused-ring (bicyclic) bond motifs is 7.